The van der Waals surface area contributed by atoms with Crippen molar-refractivity contribution < 1.29 is 21.9 Å². The second-order valence-electron chi connectivity index (χ2n) is 5.26. The minimum absolute atomic E-state index is 0.0540. The molecule has 1 N–H and O–H groups in total. The molecule has 0 heterocycles. The lowest BCUT2D eigenvalue weighted by Crippen LogP contribution is -2.12. The molecule has 0 aromatic heterocycles. The van der Waals surface area contributed by atoms with Crippen molar-refractivity contribution in [2.45, 2.75) is 4.90 Å². The van der Waals surface area contributed by atoms with Crippen molar-refractivity contribution in [2.24, 2.45) is 0 Å². The van der Waals surface area contributed by atoms with E-state index in [1.54, 1.807) is 6.07 Å². The number of sulfonamides is 1. The van der Waals surface area contributed by atoms with Crippen LogP contribution in [0.1, 0.15) is 0 Å². The van der Waals surface area contributed by atoms with Gasteiger partial charge in [0.05, 0.1) is 15.1 Å². The fourth-order valence-corrected chi connectivity index (χ4v) is 3.61. The quantitative estimate of drug-likeness (QED) is 0.585. The van der Waals surface area contributed by atoms with E-state index >= 15 is 0 Å². The number of hydrogen-bond acceptors (Lipinski definition) is 3. The molecule has 0 atom stereocenters. The number of benzene rings is 3. The summed E-state index contributed by atoms with van der Waals surface area (Å²) in [6.45, 7) is 0. The highest BCUT2D eigenvalue weighted by atomic mass is 79.9. The Balaban J connectivity index is 1.78. The van der Waals surface area contributed by atoms with Gasteiger partial charge >= 0.3 is 0 Å². The molecule has 4 nitrogen and oxygen atoms in total. The molecule has 0 fully saturated rings. The largest absolute Gasteiger partial charge is 0.456 e. The van der Waals surface area contributed by atoms with Crippen LogP contribution in [0, 0.1) is 11.6 Å². The van der Waals surface area contributed by atoms with Crippen LogP contribution in [-0.2, 0) is 10.0 Å². The maximum Gasteiger partial charge on any atom is 0.261 e. The Labute approximate surface area is 157 Å². The number of hydrogen-bond donors (Lipinski definition) is 1. The summed E-state index contributed by atoms with van der Waals surface area (Å²) in [4.78, 5) is -0.0540. The zero-order valence-corrected chi connectivity index (χ0v) is 15.5. The van der Waals surface area contributed by atoms with E-state index in [4.69, 9.17) is 4.74 Å². The Morgan fingerprint density at radius 2 is 1.42 bits per heavy atom. The molecule has 0 amide bonds. The fraction of sp³-hybridized carbons (Fsp3) is 0. The smallest absolute Gasteiger partial charge is 0.261 e. The Morgan fingerprint density at radius 1 is 0.846 bits per heavy atom. The number of rotatable bonds is 5. The number of ether oxygens (including phenoxy) is 1. The predicted octanol–water partition coefficient (Wildman–Crippen LogP) is 5.32. The Morgan fingerprint density at radius 3 is 2.00 bits per heavy atom. The predicted molar refractivity (Wildman–Crippen MR) is 97.8 cm³/mol. The van der Waals surface area contributed by atoms with Crippen molar-refractivity contribution in [1.29, 1.82) is 0 Å². The minimum Gasteiger partial charge on any atom is -0.456 e. The molecule has 3 aromatic carbocycles. The summed E-state index contributed by atoms with van der Waals surface area (Å²) in [5.74, 6) is -0.0240. The van der Waals surface area contributed by atoms with E-state index in [-0.39, 0.29) is 10.7 Å². The molecule has 0 spiro atoms. The Kier molecular flexibility index (Phi) is 5.24. The lowest BCUT2D eigenvalue weighted by atomic mass is 10.3. The molecule has 0 saturated heterocycles. The molecule has 0 unspecified atom stereocenters. The normalized spacial score (nSPS) is 11.2. The monoisotopic (exact) mass is 439 g/mol. The van der Waals surface area contributed by atoms with Gasteiger partial charge in [0.2, 0.25) is 0 Å². The highest BCUT2D eigenvalue weighted by molar-refractivity contribution is 9.10. The maximum atomic E-state index is 12.9. The van der Waals surface area contributed by atoms with Gasteiger partial charge in [-0.25, -0.2) is 17.2 Å². The second-order valence-corrected chi connectivity index (χ2v) is 7.80. The first-order valence-electron chi connectivity index (χ1n) is 7.35. The number of nitrogens with one attached hydrogen (secondary N) is 1. The van der Waals surface area contributed by atoms with Crippen LogP contribution < -0.4 is 9.46 Å². The summed E-state index contributed by atoms with van der Waals surface area (Å²) in [5, 5.41) is 0. The zero-order valence-electron chi connectivity index (χ0n) is 13.1. The van der Waals surface area contributed by atoms with Crippen LogP contribution in [0.4, 0.5) is 14.5 Å². The van der Waals surface area contributed by atoms with Crippen molar-refractivity contribution in [1.82, 2.24) is 0 Å². The van der Waals surface area contributed by atoms with Crippen molar-refractivity contribution in [3.05, 3.63) is 82.8 Å². The average molecular weight is 440 g/mol. The number of anilines is 1. The third kappa shape index (κ3) is 4.39. The molecule has 134 valence electrons. The van der Waals surface area contributed by atoms with Crippen LogP contribution >= 0.6 is 15.9 Å². The molecule has 3 rings (SSSR count). The summed E-state index contributed by atoms with van der Waals surface area (Å²) in [7, 11) is -3.84. The van der Waals surface area contributed by atoms with Gasteiger partial charge in [0, 0.05) is 0 Å². The molecule has 0 aliphatic carbocycles. The van der Waals surface area contributed by atoms with Crippen LogP contribution in [0.3, 0.4) is 0 Å². The Hall–Kier alpha value is -2.45. The molecule has 0 bridgehead atoms. The molecule has 0 radical (unpaired) electrons. The van der Waals surface area contributed by atoms with E-state index in [0.717, 1.165) is 12.1 Å². The first kappa shape index (κ1) is 18.3. The van der Waals surface area contributed by atoms with Crippen LogP contribution in [0.15, 0.2) is 76.1 Å². The van der Waals surface area contributed by atoms with Crippen molar-refractivity contribution in [3.63, 3.8) is 0 Å². The zero-order chi connectivity index (χ0) is 18.7. The molecule has 0 aliphatic heterocycles. The second kappa shape index (κ2) is 7.43. The first-order valence-corrected chi connectivity index (χ1v) is 9.62. The van der Waals surface area contributed by atoms with E-state index in [2.05, 4.69) is 20.7 Å². The van der Waals surface area contributed by atoms with Crippen molar-refractivity contribution >= 4 is 31.6 Å². The standard InChI is InChI=1S/C18H12BrF2NO3S/c19-17-11-14(22-26(23,24)16-8-3-13(21)4-9-16)5-10-18(17)25-15-6-1-12(20)2-7-15/h1-11,22H. The van der Waals surface area contributed by atoms with Gasteiger partial charge in [-0.15, -0.1) is 0 Å². The molecule has 26 heavy (non-hydrogen) atoms. The van der Waals surface area contributed by atoms with Crippen LogP contribution in [0.2, 0.25) is 0 Å². The van der Waals surface area contributed by atoms with Crippen molar-refractivity contribution in [3.8, 4) is 11.5 Å². The SMILES string of the molecule is O=S(=O)(Nc1ccc(Oc2ccc(F)cc2)c(Br)c1)c1ccc(F)cc1. The number of halogens is 3. The van der Waals surface area contributed by atoms with Gasteiger partial charge in [0.25, 0.3) is 10.0 Å². The lowest BCUT2D eigenvalue weighted by Gasteiger charge is -2.11. The average Bonchev–Trinajstić information content (AvgIpc) is 2.59. The van der Waals surface area contributed by atoms with Gasteiger partial charge in [0.15, 0.2) is 0 Å². The fourth-order valence-electron chi connectivity index (χ4n) is 2.10. The van der Waals surface area contributed by atoms with Crippen LogP contribution in [-0.4, -0.2) is 8.42 Å². The summed E-state index contributed by atoms with van der Waals surface area (Å²) < 4.78 is 59.0. The molecular formula is C18H12BrF2NO3S. The highest BCUT2D eigenvalue weighted by Gasteiger charge is 2.15. The minimum atomic E-state index is -3.84. The summed E-state index contributed by atoms with van der Waals surface area (Å²) in [6, 6.07) is 14.6. The van der Waals surface area contributed by atoms with E-state index < -0.39 is 15.8 Å². The lowest BCUT2D eigenvalue weighted by molar-refractivity contribution is 0.477. The topological polar surface area (TPSA) is 55.4 Å². The van der Waals surface area contributed by atoms with Gasteiger partial charge in [-0.05, 0) is 82.7 Å². The molecule has 0 saturated carbocycles. The molecular weight excluding hydrogens is 428 g/mol. The van der Waals surface area contributed by atoms with E-state index in [1.165, 1.54) is 48.5 Å². The van der Waals surface area contributed by atoms with Gasteiger partial charge in [-0.3, -0.25) is 4.72 Å². The first-order chi connectivity index (χ1) is 12.3. The van der Waals surface area contributed by atoms with Crippen LogP contribution in [0.5, 0.6) is 11.5 Å². The van der Waals surface area contributed by atoms with Crippen molar-refractivity contribution in [2.75, 3.05) is 4.72 Å². The Bertz CT molecular complexity index is 1020. The van der Waals surface area contributed by atoms with E-state index in [9.17, 15) is 17.2 Å². The molecule has 8 heteroatoms. The molecule has 0 aliphatic rings. The van der Waals surface area contributed by atoms with E-state index in [0.29, 0.717) is 21.7 Å². The molecule has 3 aromatic rings. The van der Waals surface area contributed by atoms with Gasteiger partial charge in [-0.2, -0.15) is 0 Å². The highest BCUT2D eigenvalue weighted by Crippen LogP contribution is 2.32. The van der Waals surface area contributed by atoms with Gasteiger partial charge < -0.3 is 4.74 Å². The third-order valence-corrected chi connectivity index (χ3v) is 5.37. The van der Waals surface area contributed by atoms with Gasteiger partial charge in [0.1, 0.15) is 23.1 Å². The maximum absolute atomic E-state index is 12.9. The van der Waals surface area contributed by atoms with Crippen LogP contribution in [0.25, 0.3) is 0 Å². The van der Waals surface area contributed by atoms with E-state index in [1.807, 2.05) is 0 Å². The third-order valence-electron chi connectivity index (χ3n) is 3.35. The summed E-state index contributed by atoms with van der Waals surface area (Å²) in [5.41, 5.74) is 0.299. The van der Waals surface area contributed by atoms with Gasteiger partial charge in [-0.1, -0.05) is 0 Å². The summed E-state index contributed by atoms with van der Waals surface area (Å²) >= 11 is 3.31. The summed E-state index contributed by atoms with van der Waals surface area (Å²) in [6.07, 6.45) is 0.